The van der Waals surface area contributed by atoms with Gasteiger partial charge in [-0.1, -0.05) is 0 Å². The minimum atomic E-state index is -0.0271. The first kappa shape index (κ1) is 12.1. The van der Waals surface area contributed by atoms with Crippen molar-refractivity contribution in [1.29, 1.82) is 5.26 Å². The Morgan fingerprint density at radius 1 is 1.47 bits per heavy atom. The van der Waals surface area contributed by atoms with Crippen molar-refractivity contribution in [1.82, 2.24) is 15.2 Å². The summed E-state index contributed by atoms with van der Waals surface area (Å²) in [6, 6.07) is 5.72. The number of likely N-dealkylation sites (tertiary alicyclic amines) is 1. The highest BCUT2D eigenvalue weighted by atomic mass is 16.2. The molecule has 2 aliphatic rings. The first-order valence-electron chi connectivity index (χ1n) is 6.67. The fourth-order valence-electron chi connectivity index (χ4n) is 2.96. The predicted molar refractivity (Wildman–Crippen MR) is 69.4 cm³/mol. The number of hydrogen-bond donors (Lipinski definition) is 1. The Labute approximate surface area is 112 Å². The van der Waals surface area contributed by atoms with E-state index in [4.69, 9.17) is 5.26 Å². The fraction of sp³-hybridized carbons (Fsp3) is 0.500. The van der Waals surface area contributed by atoms with Gasteiger partial charge in [-0.25, -0.2) is 4.98 Å². The Kier molecular flexibility index (Phi) is 3.18. The first-order valence-corrected chi connectivity index (χ1v) is 6.67. The maximum atomic E-state index is 12.3. The highest BCUT2D eigenvalue weighted by Crippen LogP contribution is 2.25. The summed E-state index contributed by atoms with van der Waals surface area (Å²) < 4.78 is 0. The maximum Gasteiger partial charge on any atom is 0.272 e. The Bertz CT molecular complexity index is 505. The molecule has 19 heavy (non-hydrogen) atoms. The van der Waals surface area contributed by atoms with Gasteiger partial charge in [-0.2, -0.15) is 5.26 Å². The van der Waals surface area contributed by atoms with E-state index in [9.17, 15) is 4.79 Å². The van der Waals surface area contributed by atoms with Crippen molar-refractivity contribution >= 4 is 5.91 Å². The number of fused-ring (bicyclic) bond motifs is 1. The fourth-order valence-corrected chi connectivity index (χ4v) is 2.96. The van der Waals surface area contributed by atoms with E-state index in [1.807, 2.05) is 11.0 Å². The minimum absolute atomic E-state index is 0.0271. The molecule has 0 aliphatic carbocycles. The van der Waals surface area contributed by atoms with Crippen LogP contribution in [0.5, 0.6) is 0 Å². The second-order valence-corrected chi connectivity index (χ2v) is 5.22. The van der Waals surface area contributed by atoms with Crippen LogP contribution in [0, 0.1) is 17.2 Å². The van der Waals surface area contributed by atoms with Crippen molar-refractivity contribution in [2.24, 2.45) is 5.92 Å². The zero-order valence-electron chi connectivity index (χ0n) is 10.7. The molecule has 0 unspecified atom stereocenters. The molecule has 1 N–H and O–H groups in total. The molecule has 0 bridgehead atoms. The van der Waals surface area contributed by atoms with Crippen LogP contribution in [-0.2, 0) is 0 Å². The van der Waals surface area contributed by atoms with Gasteiger partial charge < -0.3 is 10.2 Å². The van der Waals surface area contributed by atoms with E-state index >= 15 is 0 Å². The molecule has 2 fully saturated rings. The molecule has 1 amide bonds. The number of pyridine rings is 1. The molecule has 5 nitrogen and oxygen atoms in total. The van der Waals surface area contributed by atoms with E-state index in [-0.39, 0.29) is 5.91 Å². The normalized spacial score (nSPS) is 25.7. The Morgan fingerprint density at radius 2 is 2.37 bits per heavy atom. The van der Waals surface area contributed by atoms with Crippen LogP contribution in [-0.4, -0.2) is 41.5 Å². The summed E-state index contributed by atoms with van der Waals surface area (Å²) in [5.74, 6) is 0.553. The number of aromatic nitrogens is 1. The van der Waals surface area contributed by atoms with Gasteiger partial charge in [-0.15, -0.1) is 0 Å². The number of piperidine rings is 1. The summed E-state index contributed by atoms with van der Waals surface area (Å²) in [4.78, 5) is 18.3. The van der Waals surface area contributed by atoms with Crippen molar-refractivity contribution in [2.75, 3.05) is 19.6 Å². The zero-order chi connectivity index (χ0) is 13.2. The second kappa shape index (κ2) is 4.98. The van der Waals surface area contributed by atoms with E-state index in [1.165, 1.54) is 19.0 Å². The highest BCUT2D eigenvalue weighted by molar-refractivity contribution is 5.92. The lowest BCUT2D eigenvalue weighted by Crippen LogP contribution is -2.41. The van der Waals surface area contributed by atoms with Crippen molar-refractivity contribution in [2.45, 2.75) is 18.9 Å². The van der Waals surface area contributed by atoms with Gasteiger partial charge in [0.05, 0.1) is 5.56 Å². The van der Waals surface area contributed by atoms with E-state index in [0.29, 0.717) is 23.2 Å². The molecule has 3 heterocycles. The van der Waals surface area contributed by atoms with Crippen molar-refractivity contribution in [3.63, 3.8) is 0 Å². The quantitative estimate of drug-likeness (QED) is 0.806. The van der Waals surface area contributed by atoms with Gasteiger partial charge in [0.1, 0.15) is 11.8 Å². The van der Waals surface area contributed by atoms with Crippen LogP contribution in [0.2, 0.25) is 0 Å². The molecule has 3 rings (SSSR count). The molecule has 1 aromatic heterocycles. The Hall–Kier alpha value is -1.93. The van der Waals surface area contributed by atoms with Crippen molar-refractivity contribution in [3.8, 4) is 6.07 Å². The lowest BCUT2D eigenvalue weighted by atomic mass is 9.94. The average Bonchev–Trinajstić information content (AvgIpc) is 2.90. The third-order valence-electron chi connectivity index (χ3n) is 4.00. The molecule has 2 saturated heterocycles. The number of carbonyl (C=O) groups excluding carboxylic acids is 1. The van der Waals surface area contributed by atoms with E-state index in [0.717, 1.165) is 19.6 Å². The van der Waals surface area contributed by atoms with Gasteiger partial charge in [0.15, 0.2) is 0 Å². The van der Waals surface area contributed by atoms with Gasteiger partial charge in [-0.3, -0.25) is 4.79 Å². The van der Waals surface area contributed by atoms with Crippen LogP contribution in [0.1, 0.15) is 28.9 Å². The van der Waals surface area contributed by atoms with Gasteiger partial charge in [0, 0.05) is 25.3 Å². The number of nitrogens with one attached hydrogen (secondary N) is 1. The van der Waals surface area contributed by atoms with E-state index in [1.54, 1.807) is 12.1 Å². The van der Waals surface area contributed by atoms with Gasteiger partial charge in [0.25, 0.3) is 5.91 Å². The molecule has 98 valence electrons. The van der Waals surface area contributed by atoms with Crippen LogP contribution in [0.4, 0.5) is 0 Å². The van der Waals surface area contributed by atoms with Gasteiger partial charge in [-0.05, 0) is 37.4 Å². The summed E-state index contributed by atoms with van der Waals surface area (Å²) in [7, 11) is 0. The molecule has 0 spiro atoms. The number of hydrogen-bond acceptors (Lipinski definition) is 4. The topological polar surface area (TPSA) is 69.0 Å². The standard InChI is InChI=1S/C14H16N4O/c15-6-10-3-4-12(17-7-10)14(19)18-8-11-2-1-5-16-13(11)9-18/h3-4,7,11,13,16H,1-2,5,8-9H2/t11-,13+/m0/s1. The lowest BCUT2D eigenvalue weighted by Gasteiger charge is -2.24. The predicted octanol–water partition coefficient (Wildman–Crippen LogP) is 0.777. The lowest BCUT2D eigenvalue weighted by molar-refractivity contribution is 0.0780. The average molecular weight is 256 g/mol. The smallest absolute Gasteiger partial charge is 0.272 e. The van der Waals surface area contributed by atoms with Crippen LogP contribution < -0.4 is 5.32 Å². The Morgan fingerprint density at radius 3 is 3.05 bits per heavy atom. The summed E-state index contributed by atoms with van der Waals surface area (Å²) in [6.07, 6.45) is 3.84. The van der Waals surface area contributed by atoms with Crippen LogP contribution in [0.25, 0.3) is 0 Å². The number of nitrogens with zero attached hydrogens (tertiary/aromatic N) is 3. The Balaban J connectivity index is 1.72. The van der Waals surface area contributed by atoms with Crippen LogP contribution in [0.3, 0.4) is 0 Å². The number of rotatable bonds is 1. The molecule has 2 aliphatic heterocycles. The number of carbonyl (C=O) groups is 1. The first-order chi connectivity index (χ1) is 9.28. The van der Waals surface area contributed by atoms with Crippen molar-refractivity contribution < 1.29 is 4.79 Å². The summed E-state index contributed by atoms with van der Waals surface area (Å²) in [5.41, 5.74) is 0.908. The largest absolute Gasteiger partial charge is 0.335 e. The molecule has 0 radical (unpaired) electrons. The van der Waals surface area contributed by atoms with E-state index < -0.39 is 0 Å². The summed E-state index contributed by atoms with van der Waals surface area (Å²) >= 11 is 0. The SMILES string of the molecule is N#Cc1ccc(C(=O)N2C[C@@H]3CCCN[C@@H]3C2)nc1. The zero-order valence-corrected chi connectivity index (χ0v) is 10.7. The molecular weight excluding hydrogens is 240 g/mol. The summed E-state index contributed by atoms with van der Waals surface area (Å²) in [6.45, 7) is 2.64. The highest BCUT2D eigenvalue weighted by Gasteiger charge is 2.36. The van der Waals surface area contributed by atoms with Gasteiger partial charge in [0.2, 0.25) is 0 Å². The maximum absolute atomic E-state index is 12.3. The van der Waals surface area contributed by atoms with Gasteiger partial charge >= 0.3 is 0 Å². The number of nitriles is 1. The van der Waals surface area contributed by atoms with E-state index in [2.05, 4.69) is 10.3 Å². The van der Waals surface area contributed by atoms with Crippen molar-refractivity contribution in [3.05, 3.63) is 29.6 Å². The molecule has 1 aromatic rings. The molecule has 0 saturated carbocycles. The minimum Gasteiger partial charge on any atom is -0.335 e. The summed E-state index contributed by atoms with van der Waals surface area (Å²) in [5, 5.41) is 12.2. The second-order valence-electron chi connectivity index (χ2n) is 5.22. The molecule has 0 aromatic carbocycles. The third kappa shape index (κ3) is 2.32. The van der Waals surface area contributed by atoms with Crippen LogP contribution in [0.15, 0.2) is 18.3 Å². The number of amides is 1. The molecular formula is C14H16N4O. The molecule has 2 atom stereocenters. The van der Waals surface area contributed by atoms with Crippen LogP contribution >= 0.6 is 0 Å². The molecule has 5 heteroatoms. The monoisotopic (exact) mass is 256 g/mol. The third-order valence-corrected chi connectivity index (χ3v) is 4.00.